The number of amides is 1. The van der Waals surface area contributed by atoms with Gasteiger partial charge in [0.05, 0.1) is 16.9 Å². The fourth-order valence-electron chi connectivity index (χ4n) is 2.84. The zero-order valence-electron chi connectivity index (χ0n) is 17.2. The lowest BCUT2D eigenvalue weighted by Gasteiger charge is -2.19. The molecule has 10 heteroatoms. The Morgan fingerprint density at radius 1 is 1.21 bits per heavy atom. The number of nitrogens with one attached hydrogen (secondary N) is 1. The van der Waals surface area contributed by atoms with Crippen LogP contribution in [0.25, 0.3) is 5.69 Å². The van der Waals surface area contributed by atoms with Gasteiger partial charge in [-0.3, -0.25) is 14.3 Å². The number of benzene rings is 1. The van der Waals surface area contributed by atoms with Crippen LogP contribution in [0, 0.1) is 6.92 Å². The monoisotopic (exact) mass is 415 g/mol. The van der Waals surface area contributed by atoms with E-state index in [0.29, 0.717) is 22.3 Å². The van der Waals surface area contributed by atoms with Crippen LogP contribution in [0.3, 0.4) is 0 Å². The van der Waals surface area contributed by atoms with Gasteiger partial charge in [-0.2, -0.15) is 0 Å². The standard InChI is InChI=1S/C19H25N7O2S/c1-13-16(17(28)25(24(13)5)14-9-7-6-8-10-14)20-15(27)11-12-29-18-21-22-23-26(18)19(2,3)4/h6-10H,11-12H2,1-5H3,(H,20,27). The summed E-state index contributed by atoms with van der Waals surface area (Å²) in [4.78, 5) is 25.3. The number of nitrogens with zero attached hydrogens (tertiary/aromatic N) is 6. The van der Waals surface area contributed by atoms with Crippen molar-refractivity contribution in [3.05, 3.63) is 46.4 Å². The Hall–Kier alpha value is -2.88. The summed E-state index contributed by atoms with van der Waals surface area (Å²) in [7, 11) is 1.79. The first-order valence-corrected chi connectivity index (χ1v) is 10.2. The Balaban J connectivity index is 1.68. The Bertz CT molecular complexity index is 1060. The Morgan fingerprint density at radius 2 is 1.90 bits per heavy atom. The predicted molar refractivity (Wildman–Crippen MR) is 113 cm³/mol. The van der Waals surface area contributed by atoms with Crippen LogP contribution < -0.4 is 10.9 Å². The van der Waals surface area contributed by atoms with Gasteiger partial charge in [-0.25, -0.2) is 9.36 Å². The summed E-state index contributed by atoms with van der Waals surface area (Å²) in [5.74, 6) is 0.277. The number of hydrogen-bond acceptors (Lipinski definition) is 6. The topological polar surface area (TPSA) is 99.6 Å². The number of carbonyl (C=O) groups is 1. The van der Waals surface area contributed by atoms with Crippen LogP contribution in [0.1, 0.15) is 32.9 Å². The molecule has 1 N–H and O–H groups in total. The zero-order chi connectivity index (χ0) is 21.2. The maximum atomic E-state index is 12.9. The van der Waals surface area contributed by atoms with E-state index in [9.17, 15) is 9.59 Å². The van der Waals surface area contributed by atoms with E-state index in [1.807, 2.05) is 58.0 Å². The molecule has 0 aliphatic heterocycles. The van der Waals surface area contributed by atoms with Gasteiger partial charge in [0.1, 0.15) is 5.69 Å². The van der Waals surface area contributed by atoms with Gasteiger partial charge in [0.15, 0.2) is 0 Å². The summed E-state index contributed by atoms with van der Waals surface area (Å²) in [5, 5.41) is 15.2. The Kier molecular flexibility index (Phi) is 5.92. The number of para-hydroxylation sites is 1. The van der Waals surface area contributed by atoms with Crippen molar-refractivity contribution in [1.82, 2.24) is 29.6 Å². The summed E-state index contributed by atoms with van der Waals surface area (Å²) in [6, 6.07) is 9.32. The molecule has 2 heterocycles. The van der Waals surface area contributed by atoms with Crippen molar-refractivity contribution in [1.29, 1.82) is 0 Å². The van der Waals surface area contributed by atoms with Crippen LogP contribution in [0.4, 0.5) is 5.69 Å². The first kappa shape index (κ1) is 20.8. The van der Waals surface area contributed by atoms with Crippen molar-refractivity contribution in [3.63, 3.8) is 0 Å². The second kappa shape index (κ2) is 8.24. The average molecular weight is 416 g/mol. The third-order valence-corrected chi connectivity index (χ3v) is 5.38. The van der Waals surface area contributed by atoms with E-state index in [4.69, 9.17) is 0 Å². The number of aromatic nitrogens is 6. The molecule has 0 fully saturated rings. The number of anilines is 1. The molecule has 0 aliphatic carbocycles. The highest BCUT2D eigenvalue weighted by molar-refractivity contribution is 7.99. The third kappa shape index (κ3) is 4.42. The van der Waals surface area contributed by atoms with Gasteiger partial charge < -0.3 is 5.32 Å². The van der Waals surface area contributed by atoms with Crippen LogP contribution in [0.15, 0.2) is 40.3 Å². The molecule has 1 amide bonds. The SMILES string of the molecule is Cc1c(NC(=O)CCSc2nnnn2C(C)(C)C)c(=O)n(-c2ccccc2)n1C. The molecule has 1 aromatic carbocycles. The van der Waals surface area contributed by atoms with Gasteiger partial charge in [0.25, 0.3) is 5.56 Å². The van der Waals surface area contributed by atoms with Crippen molar-refractivity contribution in [2.45, 2.75) is 44.8 Å². The molecule has 3 rings (SSSR count). The molecule has 0 atom stereocenters. The third-order valence-electron chi connectivity index (χ3n) is 4.46. The van der Waals surface area contributed by atoms with Crippen LogP contribution in [0.2, 0.25) is 0 Å². The summed E-state index contributed by atoms with van der Waals surface area (Å²) in [5.41, 5.74) is 1.24. The minimum absolute atomic E-state index is 0.224. The van der Waals surface area contributed by atoms with Gasteiger partial charge >= 0.3 is 0 Å². The van der Waals surface area contributed by atoms with E-state index in [0.717, 1.165) is 5.69 Å². The van der Waals surface area contributed by atoms with Gasteiger partial charge in [-0.05, 0) is 50.3 Å². The van der Waals surface area contributed by atoms with E-state index < -0.39 is 0 Å². The number of rotatable bonds is 6. The Morgan fingerprint density at radius 3 is 2.55 bits per heavy atom. The molecule has 3 aromatic rings. The van der Waals surface area contributed by atoms with E-state index in [2.05, 4.69) is 20.8 Å². The van der Waals surface area contributed by atoms with Gasteiger partial charge in [-0.15, -0.1) is 5.10 Å². The summed E-state index contributed by atoms with van der Waals surface area (Å²) >= 11 is 1.41. The highest BCUT2D eigenvalue weighted by Crippen LogP contribution is 2.22. The van der Waals surface area contributed by atoms with E-state index >= 15 is 0 Å². The van der Waals surface area contributed by atoms with Crippen LogP contribution >= 0.6 is 11.8 Å². The van der Waals surface area contributed by atoms with Crippen molar-refractivity contribution >= 4 is 23.4 Å². The van der Waals surface area contributed by atoms with Crippen molar-refractivity contribution in [2.75, 3.05) is 11.1 Å². The van der Waals surface area contributed by atoms with Crippen LogP contribution in [0.5, 0.6) is 0 Å². The molecule has 0 saturated heterocycles. The van der Waals surface area contributed by atoms with Crippen LogP contribution in [-0.2, 0) is 17.4 Å². The summed E-state index contributed by atoms with van der Waals surface area (Å²) in [6.45, 7) is 7.84. The molecular formula is C19H25N7O2S. The molecule has 0 unspecified atom stereocenters. The molecule has 0 saturated carbocycles. The largest absolute Gasteiger partial charge is 0.320 e. The number of carbonyl (C=O) groups excluding carboxylic acids is 1. The lowest BCUT2D eigenvalue weighted by Crippen LogP contribution is -2.24. The van der Waals surface area contributed by atoms with Crippen molar-refractivity contribution in [3.8, 4) is 5.69 Å². The summed E-state index contributed by atoms with van der Waals surface area (Å²) in [6.07, 6.45) is 0.237. The fraction of sp³-hybridized carbons (Fsp3) is 0.421. The van der Waals surface area contributed by atoms with Crippen LogP contribution in [-0.4, -0.2) is 41.2 Å². The lowest BCUT2D eigenvalue weighted by molar-refractivity contribution is -0.115. The second-order valence-corrected chi connectivity index (χ2v) is 8.69. The molecule has 9 nitrogen and oxygen atoms in total. The van der Waals surface area contributed by atoms with Crippen molar-refractivity contribution in [2.24, 2.45) is 7.05 Å². The zero-order valence-corrected chi connectivity index (χ0v) is 18.0. The normalized spacial score (nSPS) is 11.6. The first-order valence-electron chi connectivity index (χ1n) is 9.25. The molecule has 29 heavy (non-hydrogen) atoms. The molecule has 0 spiro atoms. The van der Waals surface area contributed by atoms with E-state index in [1.165, 1.54) is 16.4 Å². The maximum Gasteiger partial charge on any atom is 0.295 e. The minimum atomic E-state index is -0.256. The van der Waals surface area contributed by atoms with Gasteiger partial charge in [-0.1, -0.05) is 30.0 Å². The molecule has 0 radical (unpaired) electrons. The lowest BCUT2D eigenvalue weighted by atomic mass is 10.1. The van der Waals surface area contributed by atoms with E-state index in [1.54, 1.807) is 16.4 Å². The molecule has 0 aliphatic rings. The molecule has 0 bridgehead atoms. The second-order valence-electron chi connectivity index (χ2n) is 7.63. The minimum Gasteiger partial charge on any atom is -0.320 e. The smallest absolute Gasteiger partial charge is 0.295 e. The van der Waals surface area contributed by atoms with E-state index in [-0.39, 0.29) is 23.4 Å². The quantitative estimate of drug-likeness (QED) is 0.621. The summed E-state index contributed by atoms with van der Waals surface area (Å²) < 4.78 is 5.01. The number of thioether (sulfide) groups is 1. The highest BCUT2D eigenvalue weighted by atomic mass is 32.2. The Labute approximate surface area is 173 Å². The maximum absolute atomic E-state index is 12.9. The van der Waals surface area contributed by atoms with Crippen molar-refractivity contribution < 1.29 is 4.79 Å². The number of tetrazole rings is 1. The van der Waals surface area contributed by atoms with Gasteiger partial charge in [0, 0.05) is 19.2 Å². The predicted octanol–water partition coefficient (Wildman–Crippen LogP) is 2.35. The average Bonchev–Trinajstić information content (AvgIpc) is 3.22. The fourth-order valence-corrected chi connectivity index (χ4v) is 3.84. The first-order chi connectivity index (χ1) is 13.7. The molecule has 154 valence electrons. The van der Waals surface area contributed by atoms with Gasteiger partial charge in [0.2, 0.25) is 11.1 Å². The molecular weight excluding hydrogens is 390 g/mol. The highest BCUT2D eigenvalue weighted by Gasteiger charge is 2.21. The number of hydrogen-bond donors (Lipinski definition) is 1. The molecule has 2 aromatic heterocycles.